The molecule has 2 aromatic rings. The van der Waals surface area contributed by atoms with E-state index in [0.717, 1.165) is 10.9 Å². The summed E-state index contributed by atoms with van der Waals surface area (Å²) in [7, 11) is 1.37. The second-order valence-corrected chi connectivity index (χ2v) is 4.89. The predicted octanol–water partition coefficient (Wildman–Crippen LogP) is 1.82. The number of carbonyl (C=O) groups excluding carboxylic acids is 1. The lowest BCUT2D eigenvalue weighted by Crippen LogP contribution is -2.35. The Balaban J connectivity index is 2.40. The van der Waals surface area contributed by atoms with Gasteiger partial charge >= 0.3 is 5.97 Å². The van der Waals surface area contributed by atoms with Crippen LogP contribution in [-0.2, 0) is 9.53 Å². The van der Waals surface area contributed by atoms with E-state index >= 15 is 0 Å². The number of hydrogen-bond donors (Lipinski definition) is 2. The molecule has 0 aliphatic rings. The molecule has 0 spiro atoms. The molecule has 0 saturated heterocycles. The first kappa shape index (κ1) is 14.0. The first-order valence-electron chi connectivity index (χ1n) is 6.37. The van der Waals surface area contributed by atoms with Crippen LogP contribution in [0.3, 0.4) is 0 Å². The second-order valence-electron chi connectivity index (χ2n) is 4.89. The van der Waals surface area contributed by atoms with E-state index < -0.39 is 6.04 Å². The lowest BCUT2D eigenvalue weighted by atomic mass is 10.0. The molecule has 106 valence electrons. The zero-order valence-electron chi connectivity index (χ0n) is 11.8. The lowest BCUT2D eigenvalue weighted by Gasteiger charge is -2.21. The van der Waals surface area contributed by atoms with Crippen molar-refractivity contribution in [2.75, 3.05) is 18.2 Å². The van der Waals surface area contributed by atoms with E-state index in [-0.39, 0.29) is 11.9 Å². The molecular formula is C14H18N4O2. The lowest BCUT2D eigenvalue weighted by molar-refractivity contribution is -0.142. The Hall–Kier alpha value is -2.37. The number of anilines is 2. The van der Waals surface area contributed by atoms with Crippen LogP contribution in [0.15, 0.2) is 24.5 Å². The number of nitrogens with zero attached hydrogens (tertiary/aromatic N) is 2. The highest BCUT2D eigenvalue weighted by Crippen LogP contribution is 2.23. The van der Waals surface area contributed by atoms with E-state index in [1.54, 1.807) is 12.1 Å². The molecule has 3 N–H and O–H groups in total. The van der Waals surface area contributed by atoms with Gasteiger partial charge in [-0.3, -0.25) is 0 Å². The minimum absolute atomic E-state index is 0.0706. The Morgan fingerprint density at radius 3 is 2.75 bits per heavy atom. The third-order valence-electron chi connectivity index (χ3n) is 3.07. The molecule has 6 heteroatoms. The first-order valence-corrected chi connectivity index (χ1v) is 6.37. The van der Waals surface area contributed by atoms with E-state index in [4.69, 9.17) is 10.5 Å². The molecule has 0 aliphatic carbocycles. The molecule has 0 radical (unpaired) electrons. The normalized spacial score (nSPS) is 12.4. The number of carbonyl (C=O) groups is 1. The number of hydrogen-bond acceptors (Lipinski definition) is 6. The highest BCUT2D eigenvalue weighted by Gasteiger charge is 2.23. The minimum atomic E-state index is -0.462. The van der Waals surface area contributed by atoms with Crippen LogP contribution < -0.4 is 11.1 Å². The number of rotatable bonds is 4. The molecule has 0 saturated carbocycles. The summed E-state index contributed by atoms with van der Waals surface area (Å²) in [5.41, 5.74) is 7.10. The molecule has 1 unspecified atom stereocenters. The Morgan fingerprint density at radius 1 is 1.35 bits per heavy atom. The Labute approximate surface area is 117 Å². The minimum Gasteiger partial charge on any atom is -0.467 e. The highest BCUT2D eigenvalue weighted by molar-refractivity contribution is 5.92. The summed E-state index contributed by atoms with van der Waals surface area (Å²) >= 11 is 0. The van der Waals surface area contributed by atoms with Gasteiger partial charge in [-0.15, -0.1) is 0 Å². The number of fused-ring (bicyclic) bond motifs is 1. The van der Waals surface area contributed by atoms with Crippen molar-refractivity contribution < 1.29 is 9.53 Å². The molecule has 1 aromatic heterocycles. The highest BCUT2D eigenvalue weighted by atomic mass is 16.5. The predicted molar refractivity (Wildman–Crippen MR) is 78.2 cm³/mol. The topological polar surface area (TPSA) is 90.1 Å². The van der Waals surface area contributed by atoms with Gasteiger partial charge in [-0.25, -0.2) is 14.8 Å². The SMILES string of the molecule is COC(=O)C(Nc1ncnc2cc(N)ccc12)C(C)C. The molecule has 0 aliphatic heterocycles. The maximum atomic E-state index is 11.8. The molecule has 2 rings (SSSR count). The number of methoxy groups -OCH3 is 1. The van der Waals surface area contributed by atoms with Gasteiger partial charge in [0, 0.05) is 11.1 Å². The van der Waals surface area contributed by atoms with Crippen molar-refractivity contribution in [2.45, 2.75) is 19.9 Å². The van der Waals surface area contributed by atoms with E-state index in [0.29, 0.717) is 11.5 Å². The molecule has 20 heavy (non-hydrogen) atoms. The summed E-state index contributed by atoms with van der Waals surface area (Å²) in [4.78, 5) is 20.2. The fourth-order valence-corrected chi connectivity index (χ4v) is 1.96. The summed E-state index contributed by atoms with van der Waals surface area (Å²) in [5, 5.41) is 3.94. The van der Waals surface area contributed by atoms with Crippen molar-refractivity contribution in [2.24, 2.45) is 5.92 Å². The van der Waals surface area contributed by atoms with Crippen LogP contribution in [-0.4, -0.2) is 29.1 Å². The van der Waals surface area contributed by atoms with E-state index in [9.17, 15) is 4.79 Å². The van der Waals surface area contributed by atoms with Gasteiger partial charge in [0.25, 0.3) is 0 Å². The number of aromatic nitrogens is 2. The van der Waals surface area contributed by atoms with Gasteiger partial charge in [0.05, 0.1) is 12.6 Å². The summed E-state index contributed by atoms with van der Waals surface area (Å²) in [6.07, 6.45) is 1.44. The van der Waals surface area contributed by atoms with Gasteiger partial charge in [0.1, 0.15) is 18.2 Å². The number of ether oxygens (including phenoxy) is 1. The van der Waals surface area contributed by atoms with Crippen LogP contribution in [0.5, 0.6) is 0 Å². The van der Waals surface area contributed by atoms with E-state index in [2.05, 4.69) is 15.3 Å². The number of nitrogens with two attached hydrogens (primary N) is 1. The summed E-state index contributed by atoms with van der Waals surface area (Å²) < 4.78 is 4.81. The maximum absolute atomic E-state index is 11.8. The second kappa shape index (κ2) is 5.73. The van der Waals surface area contributed by atoms with E-state index in [1.807, 2.05) is 19.9 Å². The largest absolute Gasteiger partial charge is 0.467 e. The van der Waals surface area contributed by atoms with Crippen molar-refractivity contribution in [3.63, 3.8) is 0 Å². The summed E-state index contributed by atoms with van der Waals surface area (Å²) in [6, 6.07) is 4.92. The van der Waals surface area contributed by atoms with E-state index in [1.165, 1.54) is 13.4 Å². The van der Waals surface area contributed by atoms with Gasteiger partial charge in [-0.1, -0.05) is 13.8 Å². The standard InChI is InChI=1S/C14H18N4O2/c1-8(2)12(14(19)20-3)18-13-10-5-4-9(15)6-11(10)16-7-17-13/h4-8,12H,15H2,1-3H3,(H,16,17,18). The van der Waals surface area contributed by atoms with Crippen molar-refractivity contribution in [3.8, 4) is 0 Å². The van der Waals surface area contributed by atoms with Crippen LogP contribution in [0.4, 0.5) is 11.5 Å². The Morgan fingerprint density at radius 2 is 2.10 bits per heavy atom. The quantitative estimate of drug-likeness (QED) is 0.653. The van der Waals surface area contributed by atoms with Crippen molar-refractivity contribution >= 4 is 28.4 Å². The molecule has 1 aromatic carbocycles. The molecule has 0 fully saturated rings. The van der Waals surface area contributed by atoms with Crippen LogP contribution in [0, 0.1) is 5.92 Å². The van der Waals surface area contributed by atoms with Gasteiger partial charge in [0.2, 0.25) is 0 Å². The fraction of sp³-hybridized carbons (Fsp3) is 0.357. The molecular weight excluding hydrogens is 256 g/mol. The zero-order chi connectivity index (χ0) is 14.7. The Kier molecular flexibility index (Phi) is 4.02. The van der Waals surface area contributed by atoms with Crippen LogP contribution in [0.2, 0.25) is 0 Å². The molecule has 0 bridgehead atoms. The summed E-state index contributed by atoms with van der Waals surface area (Å²) in [6.45, 7) is 3.88. The average molecular weight is 274 g/mol. The number of nitrogen functional groups attached to an aromatic ring is 1. The smallest absolute Gasteiger partial charge is 0.328 e. The zero-order valence-corrected chi connectivity index (χ0v) is 11.8. The van der Waals surface area contributed by atoms with Gasteiger partial charge < -0.3 is 15.8 Å². The number of nitrogens with one attached hydrogen (secondary N) is 1. The van der Waals surface area contributed by atoms with Crippen molar-refractivity contribution in [1.82, 2.24) is 9.97 Å². The summed E-state index contributed by atoms with van der Waals surface area (Å²) in [5.74, 6) is 0.350. The number of esters is 1. The third-order valence-corrected chi connectivity index (χ3v) is 3.07. The average Bonchev–Trinajstić information content (AvgIpc) is 2.43. The molecule has 1 heterocycles. The van der Waals surface area contributed by atoms with Crippen LogP contribution in [0.25, 0.3) is 10.9 Å². The van der Waals surface area contributed by atoms with Gasteiger partial charge in [-0.2, -0.15) is 0 Å². The monoisotopic (exact) mass is 274 g/mol. The van der Waals surface area contributed by atoms with Gasteiger partial charge in [-0.05, 0) is 24.1 Å². The molecule has 0 amide bonds. The first-order chi connectivity index (χ1) is 9.52. The third kappa shape index (κ3) is 2.79. The van der Waals surface area contributed by atoms with Gasteiger partial charge in [0.15, 0.2) is 0 Å². The van der Waals surface area contributed by atoms with Crippen LogP contribution >= 0.6 is 0 Å². The van der Waals surface area contributed by atoms with Crippen molar-refractivity contribution in [1.29, 1.82) is 0 Å². The van der Waals surface area contributed by atoms with Crippen LogP contribution in [0.1, 0.15) is 13.8 Å². The Bertz CT molecular complexity index is 628. The van der Waals surface area contributed by atoms with Crippen molar-refractivity contribution in [3.05, 3.63) is 24.5 Å². The number of benzene rings is 1. The maximum Gasteiger partial charge on any atom is 0.328 e. The fourth-order valence-electron chi connectivity index (χ4n) is 1.96. The molecule has 1 atom stereocenters. The molecule has 6 nitrogen and oxygen atoms in total.